The minimum atomic E-state index is -0.354. The van der Waals surface area contributed by atoms with Crippen LogP contribution in [0.2, 0.25) is 0 Å². The molecule has 0 spiro atoms. The van der Waals surface area contributed by atoms with E-state index in [9.17, 15) is 5.11 Å². The number of phenolic OH excluding ortho intramolecular Hbond substituents is 1. The molecule has 0 saturated heterocycles. The molecule has 6 rings (SSSR count). The van der Waals surface area contributed by atoms with Gasteiger partial charge in [0, 0.05) is 22.8 Å². The van der Waals surface area contributed by atoms with Crippen LogP contribution in [0.5, 0.6) is 11.5 Å². The highest BCUT2D eigenvalue weighted by atomic mass is 16.5. The van der Waals surface area contributed by atoms with Crippen molar-refractivity contribution in [1.29, 1.82) is 0 Å². The van der Waals surface area contributed by atoms with Gasteiger partial charge in [0.25, 0.3) is 0 Å². The van der Waals surface area contributed by atoms with Crippen LogP contribution in [-0.4, -0.2) is 23.5 Å². The molecule has 170 valence electrons. The zero-order valence-corrected chi connectivity index (χ0v) is 19.9. The Morgan fingerprint density at radius 2 is 1.59 bits per heavy atom. The van der Waals surface area contributed by atoms with Gasteiger partial charge in [-0.15, -0.1) is 0 Å². The third kappa shape index (κ3) is 3.95. The lowest BCUT2D eigenvalue weighted by molar-refractivity contribution is 0.00146. The Hall–Kier alpha value is -2.29. The summed E-state index contributed by atoms with van der Waals surface area (Å²) in [5.74, 6) is 4.47. The minimum absolute atomic E-state index is 0.0708. The van der Waals surface area contributed by atoms with Crippen molar-refractivity contribution in [3.8, 4) is 11.5 Å². The number of benzene rings is 2. The standard InChI is InChI=1S/C29H37NO2/c1-18(2)32-25-15-23(17-30-27-21-11-19-10-20(13-21)14-22(27)12-19)28(31)26(16-25)29(3,4)24-8-6-5-7-9-24/h5-9,15-22,27,31H,10-14H2,1-4H3. The maximum absolute atomic E-state index is 11.4. The first kappa shape index (κ1) is 21.6. The first-order valence-electron chi connectivity index (χ1n) is 12.4. The number of aromatic hydroxyl groups is 1. The maximum atomic E-state index is 11.4. The van der Waals surface area contributed by atoms with Gasteiger partial charge in [0.1, 0.15) is 11.5 Å². The molecular formula is C29H37NO2. The van der Waals surface area contributed by atoms with Gasteiger partial charge in [-0.2, -0.15) is 0 Å². The number of phenols is 1. The van der Waals surface area contributed by atoms with Gasteiger partial charge in [-0.1, -0.05) is 44.2 Å². The molecule has 3 nitrogen and oxygen atoms in total. The molecular weight excluding hydrogens is 394 g/mol. The largest absolute Gasteiger partial charge is 0.507 e. The summed E-state index contributed by atoms with van der Waals surface area (Å²) in [5.41, 5.74) is 2.47. The Morgan fingerprint density at radius 1 is 0.969 bits per heavy atom. The first-order chi connectivity index (χ1) is 15.3. The summed E-state index contributed by atoms with van der Waals surface area (Å²) >= 11 is 0. The van der Waals surface area contributed by atoms with E-state index in [0.717, 1.165) is 40.5 Å². The molecule has 0 aliphatic heterocycles. The fraction of sp³-hybridized carbons (Fsp3) is 0.552. The van der Waals surface area contributed by atoms with Crippen molar-refractivity contribution in [3.05, 3.63) is 59.2 Å². The molecule has 0 radical (unpaired) electrons. The van der Waals surface area contributed by atoms with Crippen molar-refractivity contribution in [2.75, 3.05) is 0 Å². The molecule has 4 bridgehead atoms. The van der Waals surface area contributed by atoms with Gasteiger partial charge >= 0.3 is 0 Å². The van der Waals surface area contributed by atoms with Gasteiger partial charge in [0.05, 0.1) is 12.1 Å². The van der Waals surface area contributed by atoms with Gasteiger partial charge in [0.15, 0.2) is 0 Å². The quantitative estimate of drug-likeness (QED) is 0.514. The van der Waals surface area contributed by atoms with Crippen molar-refractivity contribution in [2.45, 2.75) is 77.4 Å². The number of aliphatic imine (C=N–C) groups is 1. The molecule has 0 aromatic heterocycles. The van der Waals surface area contributed by atoms with E-state index in [1.54, 1.807) is 0 Å². The molecule has 4 fully saturated rings. The summed E-state index contributed by atoms with van der Waals surface area (Å²) in [6.45, 7) is 8.40. The molecule has 2 aromatic carbocycles. The molecule has 0 atom stereocenters. The number of nitrogens with zero attached hydrogens (tertiary/aromatic N) is 1. The predicted octanol–water partition coefficient (Wildman–Crippen LogP) is 6.75. The van der Waals surface area contributed by atoms with Gasteiger partial charge in [-0.3, -0.25) is 4.99 Å². The molecule has 32 heavy (non-hydrogen) atoms. The smallest absolute Gasteiger partial charge is 0.128 e. The monoisotopic (exact) mass is 431 g/mol. The molecule has 1 N–H and O–H groups in total. The first-order valence-corrected chi connectivity index (χ1v) is 12.4. The Labute approximate surface area is 192 Å². The third-order valence-electron chi connectivity index (χ3n) is 8.22. The summed E-state index contributed by atoms with van der Waals surface area (Å²) in [5, 5.41) is 11.4. The molecule has 4 saturated carbocycles. The Bertz CT molecular complexity index is 964. The van der Waals surface area contributed by atoms with Crippen LogP contribution in [0.4, 0.5) is 0 Å². The zero-order chi connectivity index (χ0) is 22.5. The van der Waals surface area contributed by atoms with E-state index in [4.69, 9.17) is 9.73 Å². The van der Waals surface area contributed by atoms with Crippen LogP contribution in [0, 0.1) is 23.7 Å². The predicted molar refractivity (Wildman–Crippen MR) is 131 cm³/mol. The van der Waals surface area contributed by atoms with Crippen LogP contribution in [0.25, 0.3) is 0 Å². The van der Waals surface area contributed by atoms with Crippen molar-refractivity contribution in [1.82, 2.24) is 0 Å². The Balaban J connectivity index is 1.50. The minimum Gasteiger partial charge on any atom is -0.507 e. The van der Waals surface area contributed by atoms with Crippen LogP contribution in [0.15, 0.2) is 47.5 Å². The molecule has 4 aliphatic rings. The second kappa shape index (κ2) is 8.24. The summed E-state index contributed by atoms with van der Waals surface area (Å²) in [6.07, 6.45) is 8.87. The van der Waals surface area contributed by atoms with Crippen molar-refractivity contribution < 1.29 is 9.84 Å². The lowest BCUT2D eigenvalue weighted by Gasteiger charge is -2.53. The second-order valence-corrected chi connectivity index (χ2v) is 11.3. The topological polar surface area (TPSA) is 41.8 Å². The van der Waals surface area contributed by atoms with E-state index in [-0.39, 0.29) is 11.5 Å². The highest BCUT2D eigenvalue weighted by molar-refractivity contribution is 5.85. The number of hydrogen-bond donors (Lipinski definition) is 1. The average molecular weight is 432 g/mol. The number of rotatable bonds is 6. The highest BCUT2D eigenvalue weighted by Crippen LogP contribution is 2.54. The normalized spacial score (nSPS) is 29.2. The SMILES string of the molecule is CC(C)Oc1cc(C=NC2C3CC4CC(C3)CC2C4)c(O)c(C(C)(C)c2ccccc2)c1. The van der Waals surface area contributed by atoms with Crippen molar-refractivity contribution >= 4 is 6.21 Å². The molecule has 4 aliphatic carbocycles. The number of ether oxygens (including phenoxy) is 1. The van der Waals surface area contributed by atoms with Crippen LogP contribution in [0.3, 0.4) is 0 Å². The lowest BCUT2D eigenvalue weighted by atomic mass is 9.54. The van der Waals surface area contributed by atoms with E-state index >= 15 is 0 Å². The molecule has 0 amide bonds. The molecule has 2 aromatic rings. The summed E-state index contributed by atoms with van der Waals surface area (Å²) < 4.78 is 6.10. The summed E-state index contributed by atoms with van der Waals surface area (Å²) in [4.78, 5) is 5.13. The van der Waals surface area contributed by atoms with Crippen LogP contribution >= 0.6 is 0 Å². The van der Waals surface area contributed by atoms with E-state index in [1.165, 1.54) is 37.7 Å². The van der Waals surface area contributed by atoms with E-state index in [0.29, 0.717) is 11.8 Å². The number of hydrogen-bond acceptors (Lipinski definition) is 3. The summed E-state index contributed by atoms with van der Waals surface area (Å²) in [6, 6.07) is 14.8. The van der Waals surface area contributed by atoms with E-state index in [1.807, 2.05) is 38.3 Å². The van der Waals surface area contributed by atoms with E-state index < -0.39 is 0 Å². The summed E-state index contributed by atoms with van der Waals surface area (Å²) in [7, 11) is 0. The lowest BCUT2D eigenvalue weighted by Crippen LogP contribution is -2.47. The van der Waals surface area contributed by atoms with E-state index in [2.05, 4.69) is 38.1 Å². The van der Waals surface area contributed by atoms with Crippen molar-refractivity contribution in [3.63, 3.8) is 0 Å². The fourth-order valence-corrected chi connectivity index (χ4v) is 6.86. The Morgan fingerprint density at radius 3 is 2.19 bits per heavy atom. The van der Waals surface area contributed by atoms with Crippen LogP contribution in [0.1, 0.15) is 76.5 Å². The molecule has 0 heterocycles. The van der Waals surface area contributed by atoms with Gasteiger partial charge in [-0.05, 0) is 87.3 Å². The fourth-order valence-electron chi connectivity index (χ4n) is 6.86. The zero-order valence-electron chi connectivity index (χ0n) is 19.9. The van der Waals surface area contributed by atoms with Crippen LogP contribution < -0.4 is 4.74 Å². The van der Waals surface area contributed by atoms with Gasteiger partial charge < -0.3 is 9.84 Å². The van der Waals surface area contributed by atoms with Gasteiger partial charge in [0.2, 0.25) is 0 Å². The molecule has 3 heteroatoms. The molecule has 0 unspecified atom stereocenters. The second-order valence-electron chi connectivity index (χ2n) is 11.3. The third-order valence-corrected chi connectivity index (χ3v) is 8.22. The van der Waals surface area contributed by atoms with Crippen molar-refractivity contribution in [2.24, 2.45) is 28.7 Å². The Kier molecular flexibility index (Phi) is 5.55. The highest BCUT2D eigenvalue weighted by Gasteiger charge is 2.48. The van der Waals surface area contributed by atoms with Gasteiger partial charge in [-0.25, -0.2) is 0 Å². The maximum Gasteiger partial charge on any atom is 0.128 e. The average Bonchev–Trinajstić information content (AvgIpc) is 2.74. The van der Waals surface area contributed by atoms with Crippen LogP contribution in [-0.2, 0) is 5.41 Å².